The van der Waals surface area contributed by atoms with Crippen molar-refractivity contribution in [2.24, 2.45) is 0 Å². The SMILES string of the molecule is CCCC/C=C/[C@H](O[Si](C)(C)C(C)(C)C)[C@H](C)O. The largest absolute Gasteiger partial charge is 0.408 e. The second-order valence-corrected chi connectivity index (χ2v) is 11.4. The summed E-state index contributed by atoms with van der Waals surface area (Å²) in [5.74, 6) is 0. The zero-order valence-electron chi connectivity index (χ0n) is 13.3. The lowest BCUT2D eigenvalue weighted by Crippen LogP contribution is -2.46. The summed E-state index contributed by atoms with van der Waals surface area (Å²) in [6.45, 7) is 15.1. The summed E-state index contributed by atoms with van der Waals surface area (Å²) < 4.78 is 6.25. The van der Waals surface area contributed by atoms with Crippen LogP contribution in [-0.4, -0.2) is 25.6 Å². The molecule has 0 radical (unpaired) electrons. The molecule has 0 saturated carbocycles. The van der Waals surface area contributed by atoms with Gasteiger partial charge in [0.1, 0.15) is 0 Å². The van der Waals surface area contributed by atoms with Crippen LogP contribution in [0.1, 0.15) is 53.9 Å². The Labute approximate surface area is 115 Å². The van der Waals surface area contributed by atoms with Crippen molar-refractivity contribution in [1.29, 1.82) is 0 Å². The minimum atomic E-state index is -1.81. The number of aliphatic hydroxyl groups is 1. The van der Waals surface area contributed by atoms with Crippen molar-refractivity contribution < 1.29 is 9.53 Å². The van der Waals surface area contributed by atoms with Crippen molar-refractivity contribution in [2.45, 2.75) is 84.2 Å². The van der Waals surface area contributed by atoms with Crippen LogP contribution in [0.25, 0.3) is 0 Å². The molecule has 2 atom stereocenters. The van der Waals surface area contributed by atoms with Crippen molar-refractivity contribution in [3.8, 4) is 0 Å². The normalized spacial score (nSPS) is 17.1. The first-order valence-electron chi connectivity index (χ1n) is 7.14. The fraction of sp³-hybridized carbons (Fsp3) is 0.867. The molecule has 0 rings (SSSR count). The van der Waals surface area contributed by atoms with Gasteiger partial charge in [-0.05, 0) is 31.5 Å². The maximum Gasteiger partial charge on any atom is 0.193 e. The van der Waals surface area contributed by atoms with Crippen LogP contribution in [0.3, 0.4) is 0 Å². The Morgan fingerprint density at radius 1 is 1.28 bits per heavy atom. The molecule has 0 bridgehead atoms. The molecular formula is C15H32O2Si. The van der Waals surface area contributed by atoms with Crippen LogP contribution in [0, 0.1) is 0 Å². The van der Waals surface area contributed by atoms with Crippen LogP contribution in [0.4, 0.5) is 0 Å². The van der Waals surface area contributed by atoms with E-state index < -0.39 is 14.4 Å². The van der Waals surface area contributed by atoms with Crippen LogP contribution in [0.5, 0.6) is 0 Å². The van der Waals surface area contributed by atoms with E-state index in [1.807, 2.05) is 13.0 Å². The molecule has 0 unspecified atom stereocenters. The highest BCUT2D eigenvalue weighted by atomic mass is 28.4. The van der Waals surface area contributed by atoms with Crippen LogP contribution >= 0.6 is 0 Å². The van der Waals surface area contributed by atoms with Crippen molar-refractivity contribution in [2.75, 3.05) is 0 Å². The average Bonchev–Trinajstić information content (AvgIpc) is 2.20. The Morgan fingerprint density at radius 3 is 2.22 bits per heavy atom. The summed E-state index contributed by atoms with van der Waals surface area (Å²) >= 11 is 0. The van der Waals surface area contributed by atoms with E-state index in [9.17, 15) is 5.11 Å². The molecule has 0 aromatic heterocycles. The number of rotatable bonds is 7. The van der Waals surface area contributed by atoms with Gasteiger partial charge in [0.15, 0.2) is 8.32 Å². The van der Waals surface area contributed by atoms with Gasteiger partial charge in [-0.15, -0.1) is 0 Å². The molecule has 2 nitrogen and oxygen atoms in total. The highest BCUT2D eigenvalue weighted by Gasteiger charge is 2.39. The molecule has 3 heteroatoms. The van der Waals surface area contributed by atoms with Crippen molar-refractivity contribution in [3.05, 3.63) is 12.2 Å². The van der Waals surface area contributed by atoms with Gasteiger partial charge in [-0.3, -0.25) is 0 Å². The standard InChI is InChI=1S/C15H32O2Si/c1-8-9-10-11-12-14(13(2)16)17-18(6,7)15(3,4)5/h11-14,16H,8-10H2,1-7H3/b12-11+/t13-,14-/m0/s1. The predicted octanol–water partition coefficient (Wildman–Crippen LogP) is 4.50. The fourth-order valence-electron chi connectivity index (χ4n) is 1.37. The molecule has 1 N–H and O–H groups in total. The van der Waals surface area contributed by atoms with E-state index in [1.54, 1.807) is 0 Å². The molecule has 108 valence electrons. The zero-order chi connectivity index (χ0) is 14.4. The number of allylic oxidation sites excluding steroid dienone is 1. The second-order valence-electron chi connectivity index (χ2n) is 6.65. The lowest BCUT2D eigenvalue weighted by Gasteiger charge is -2.39. The van der Waals surface area contributed by atoms with Gasteiger partial charge < -0.3 is 9.53 Å². The predicted molar refractivity (Wildman–Crippen MR) is 82.4 cm³/mol. The van der Waals surface area contributed by atoms with Gasteiger partial charge in [0.25, 0.3) is 0 Å². The number of hydrogen-bond donors (Lipinski definition) is 1. The second kappa shape index (κ2) is 7.46. The Bertz CT molecular complexity index is 252. The summed E-state index contributed by atoms with van der Waals surface area (Å²) in [6.07, 6.45) is 7.05. The summed E-state index contributed by atoms with van der Waals surface area (Å²) in [7, 11) is -1.81. The molecule has 0 spiro atoms. The van der Waals surface area contributed by atoms with E-state index in [0.717, 1.165) is 6.42 Å². The summed E-state index contributed by atoms with van der Waals surface area (Å²) in [4.78, 5) is 0. The van der Waals surface area contributed by atoms with Crippen molar-refractivity contribution in [3.63, 3.8) is 0 Å². The number of unbranched alkanes of at least 4 members (excludes halogenated alkanes) is 2. The topological polar surface area (TPSA) is 29.5 Å². The third kappa shape index (κ3) is 6.16. The minimum Gasteiger partial charge on any atom is -0.408 e. The Kier molecular flexibility index (Phi) is 7.41. The number of hydrogen-bond acceptors (Lipinski definition) is 2. The van der Waals surface area contributed by atoms with Crippen LogP contribution in [0.15, 0.2) is 12.2 Å². The first-order valence-corrected chi connectivity index (χ1v) is 10.0. The van der Waals surface area contributed by atoms with E-state index in [1.165, 1.54) is 12.8 Å². The van der Waals surface area contributed by atoms with E-state index >= 15 is 0 Å². The molecule has 0 aliphatic rings. The molecule has 0 saturated heterocycles. The molecular weight excluding hydrogens is 240 g/mol. The highest BCUT2D eigenvalue weighted by molar-refractivity contribution is 6.74. The third-order valence-corrected chi connectivity index (χ3v) is 8.24. The third-order valence-electron chi connectivity index (χ3n) is 3.76. The first-order chi connectivity index (χ1) is 8.12. The Hall–Kier alpha value is -0.123. The average molecular weight is 273 g/mol. The zero-order valence-corrected chi connectivity index (χ0v) is 14.3. The first kappa shape index (κ1) is 17.9. The molecule has 0 aromatic rings. The minimum absolute atomic E-state index is 0.164. The summed E-state index contributed by atoms with van der Waals surface area (Å²) in [5, 5.41) is 10.0. The smallest absolute Gasteiger partial charge is 0.193 e. The number of aliphatic hydroxyl groups excluding tert-OH is 1. The van der Waals surface area contributed by atoms with Crippen molar-refractivity contribution >= 4 is 8.32 Å². The monoisotopic (exact) mass is 272 g/mol. The maximum atomic E-state index is 9.84. The van der Waals surface area contributed by atoms with Gasteiger partial charge in [0.2, 0.25) is 0 Å². The van der Waals surface area contributed by atoms with Gasteiger partial charge in [-0.25, -0.2) is 0 Å². The Morgan fingerprint density at radius 2 is 1.83 bits per heavy atom. The molecule has 0 amide bonds. The molecule has 0 aliphatic carbocycles. The Balaban J connectivity index is 4.59. The summed E-state index contributed by atoms with van der Waals surface area (Å²) in [5.41, 5.74) is 0. The lowest BCUT2D eigenvalue weighted by atomic mass is 10.2. The fourth-order valence-corrected chi connectivity index (χ4v) is 2.68. The van der Waals surface area contributed by atoms with E-state index in [2.05, 4.69) is 46.9 Å². The lowest BCUT2D eigenvalue weighted by molar-refractivity contribution is 0.0684. The summed E-state index contributed by atoms with van der Waals surface area (Å²) in [6, 6.07) is 0. The highest BCUT2D eigenvalue weighted by Crippen LogP contribution is 2.37. The van der Waals surface area contributed by atoms with E-state index in [-0.39, 0.29) is 11.1 Å². The van der Waals surface area contributed by atoms with Gasteiger partial charge in [0.05, 0.1) is 12.2 Å². The van der Waals surface area contributed by atoms with Gasteiger partial charge in [-0.1, -0.05) is 52.7 Å². The van der Waals surface area contributed by atoms with E-state index in [0.29, 0.717) is 0 Å². The molecule has 0 aliphatic heterocycles. The maximum absolute atomic E-state index is 9.84. The quantitative estimate of drug-likeness (QED) is 0.420. The van der Waals surface area contributed by atoms with Gasteiger partial charge >= 0.3 is 0 Å². The molecule has 0 fully saturated rings. The van der Waals surface area contributed by atoms with Crippen molar-refractivity contribution in [1.82, 2.24) is 0 Å². The van der Waals surface area contributed by atoms with E-state index in [4.69, 9.17) is 4.43 Å². The van der Waals surface area contributed by atoms with Gasteiger partial charge in [-0.2, -0.15) is 0 Å². The van der Waals surface area contributed by atoms with Gasteiger partial charge in [0, 0.05) is 0 Å². The molecule has 18 heavy (non-hydrogen) atoms. The molecule has 0 aromatic carbocycles. The van der Waals surface area contributed by atoms with Crippen LogP contribution < -0.4 is 0 Å². The van der Waals surface area contributed by atoms with Crippen LogP contribution in [-0.2, 0) is 4.43 Å². The molecule has 0 heterocycles. The van der Waals surface area contributed by atoms with Crippen LogP contribution in [0.2, 0.25) is 18.1 Å².